The minimum absolute atomic E-state index is 0.189. The maximum Gasteiger partial charge on any atom is 0.412 e. The number of halogens is 2. The van der Waals surface area contributed by atoms with Crippen LogP contribution in [0.4, 0.5) is 27.8 Å². The zero-order chi connectivity index (χ0) is 18.0. The lowest BCUT2D eigenvalue weighted by Crippen LogP contribution is -2.20. The molecule has 130 valence electrons. The average molecular weight is 380 g/mol. The Morgan fingerprint density at radius 3 is 2.88 bits per heavy atom. The van der Waals surface area contributed by atoms with Gasteiger partial charge in [-0.3, -0.25) is 5.32 Å². The molecule has 3 rings (SSSR count). The summed E-state index contributed by atoms with van der Waals surface area (Å²) >= 11 is 12.0. The van der Waals surface area contributed by atoms with Crippen LogP contribution in [-0.4, -0.2) is 29.9 Å². The van der Waals surface area contributed by atoms with Gasteiger partial charge in [-0.2, -0.15) is 0 Å². The topological polar surface area (TPSA) is 102 Å². The van der Waals surface area contributed by atoms with E-state index in [-0.39, 0.29) is 18.2 Å². The van der Waals surface area contributed by atoms with Crippen molar-refractivity contribution in [1.82, 2.24) is 4.98 Å². The molecule has 0 saturated heterocycles. The molecule has 1 amide bonds. The lowest BCUT2D eigenvalue weighted by molar-refractivity contribution is 0.168. The molecule has 2 heterocycles. The first-order valence-electron chi connectivity index (χ1n) is 7.49. The number of carbonyl (C=O) groups excluding carboxylic acids is 1. The number of amides is 1. The fourth-order valence-electron chi connectivity index (χ4n) is 2.34. The molecule has 4 N–H and O–H groups in total. The van der Waals surface area contributed by atoms with E-state index in [4.69, 9.17) is 33.7 Å². The van der Waals surface area contributed by atoms with Crippen molar-refractivity contribution in [3.63, 3.8) is 0 Å². The van der Waals surface area contributed by atoms with Gasteiger partial charge in [0, 0.05) is 6.07 Å². The van der Waals surface area contributed by atoms with Gasteiger partial charge in [0.2, 0.25) is 0 Å². The van der Waals surface area contributed by atoms with Crippen molar-refractivity contribution in [2.75, 3.05) is 29.5 Å². The number of carbonyl (C=O) groups is 1. The van der Waals surface area contributed by atoms with Crippen molar-refractivity contribution in [1.29, 1.82) is 0 Å². The summed E-state index contributed by atoms with van der Waals surface area (Å²) in [5, 5.41) is 6.66. The number of rotatable bonds is 3. The average Bonchev–Trinajstić information content (AvgIpc) is 2.57. The van der Waals surface area contributed by atoms with Crippen molar-refractivity contribution in [2.45, 2.75) is 6.92 Å². The first kappa shape index (κ1) is 17.3. The van der Waals surface area contributed by atoms with Gasteiger partial charge in [-0.25, -0.2) is 14.8 Å². The van der Waals surface area contributed by atoms with Crippen LogP contribution in [0, 0.1) is 0 Å². The predicted octanol–water partition coefficient (Wildman–Crippen LogP) is 4.09. The first-order chi connectivity index (χ1) is 12.0. The third-order valence-corrected chi connectivity index (χ3v) is 4.21. The zero-order valence-corrected chi connectivity index (χ0v) is 14.8. The number of nitrogens with two attached hydrogens (primary N) is 1. The number of nitrogens with zero attached hydrogens (tertiary/aromatic N) is 2. The number of aromatic nitrogens is 1. The highest BCUT2D eigenvalue weighted by atomic mass is 35.5. The monoisotopic (exact) mass is 379 g/mol. The zero-order valence-electron chi connectivity index (χ0n) is 13.3. The molecule has 7 nitrogen and oxygen atoms in total. The second kappa shape index (κ2) is 7.16. The lowest BCUT2D eigenvalue weighted by atomic mass is 10.1. The Hall–Kier alpha value is -2.51. The van der Waals surface area contributed by atoms with Crippen LogP contribution >= 0.6 is 23.2 Å². The molecule has 0 atom stereocenters. The number of aliphatic imine (C=N–C) groups is 1. The molecule has 0 radical (unpaired) electrons. The Morgan fingerprint density at radius 2 is 2.16 bits per heavy atom. The summed E-state index contributed by atoms with van der Waals surface area (Å²) in [6.07, 6.45) is -0.592. The number of hydrogen-bond donors (Lipinski definition) is 3. The second-order valence-electron chi connectivity index (χ2n) is 5.18. The summed E-state index contributed by atoms with van der Waals surface area (Å²) in [6, 6.07) is 6.94. The van der Waals surface area contributed by atoms with Gasteiger partial charge in [0.15, 0.2) is 5.82 Å². The van der Waals surface area contributed by atoms with Crippen molar-refractivity contribution >= 4 is 58.0 Å². The molecule has 0 saturated carbocycles. The van der Waals surface area contributed by atoms with Crippen molar-refractivity contribution in [2.24, 2.45) is 4.99 Å². The molecule has 0 spiro atoms. The summed E-state index contributed by atoms with van der Waals surface area (Å²) in [5.41, 5.74) is 8.75. The van der Waals surface area contributed by atoms with Crippen molar-refractivity contribution in [3.8, 4) is 0 Å². The molecule has 1 aromatic carbocycles. The number of nitrogens with one attached hydrogen (secondary N) is 2. The number of ether oxygens (including phenoxy) is 1. The number of fused-ring (bicyclic) bond motifs is 1. The quantitative estimate of drug-likeness (QED) is 0.745. The van der Waals surface area contributed by atoms with Crippen LogP contribution in [0.5, 0.6) is 0 Å². The van der Waals surface area contributed by atoms with Crippen LogP contribution in [-0.2, 0) is 4.74 Å². The fraction of sp³-hybridized carbons (Fsp3) is 0.188. The van der Waals surface area contributed by atoms with Crippen LogP contribution in [0.2, 0.25) is 10.0 Å². The number of nitrogen functional groups attached to an aromatic ring is 1. The molecule has 0 fully saturated rings. The normalized spacial score (nSPS) is 12.7. The van der Waals surface area contributed by atoms with Crippen molar-refractivity contribution < 1.29 is 9.53 Å². The van der Waals surface area contributed by atoms with E-state index >= 15 is 0 Å². The molecule has 0 aliphatic carbocycles. The number of hydrogen-bond acceptors (Lipinski definition) is 6. The largest absolute Gasteiger partial charge is 0.450 e. The van der Waals surface area contributed by atoms with E-state index in [1.54, 1.807) is 25.1 Å². The minimum atomic E-state index is -0.592. The van der Waals surface area contributed by atoms with Crippen LogP contribution in [0.25, 0.3) is 0 Å². The molecular formula is C16H15Cl2N5O2. The highest BCUT2D eigenvalue weighted by Crippen LogP contribution is 2.36. The lowest BCUT2D eigenvalue weighted by Gasteiger charge is -2.20. The van der Waals surface area contributed by atoms with Crippen LogP contribution in [0.3, 0.4) is 0 Å². The third kappa shape index (κ3) is 3.78. The summed E-state index contributed by atoms with van der Waals surface area (Å²) in [5.74, 6) is 0.476. The molecule has 1 aliphatic heterocycles. The Balaban J connectivity index is 1.91. The van der Waals surface area contributed by atoms with Gasteiger partial charge in [-0.05, 0) is 24.6 Å². The smallest absolute Gasteiger partial charge is 0.412 e. The SMILES string of the molecule is CCOC(=O)Nc1cc2c(c(N)n1)N=C(c1ccc(Cl)c(Cl)c1)CN2. The predicted molar refractivity (Wildman–Crippen MR) is 100 cm³/mol. The Morgan fingerprint density at radius 1 is 1.36 bits per heavy atom. The van der Waals surface area contributed by atoms with E-state index < -0.39 is 6.09 Å². The molecule has 9 heteroatoms. The van der Waals surface area contributed by atoms with Gasteiger partial charge < -0.3 is 15.8 Å². The number of pyridine rings is 1. The van der Waals surface area contributed by atoms with Gasteiger partial charge >= 0.3 is 6.09 Å². The van der Waals surface area contributed by atoms with Crippen LogP contribution in [0.15, 0.2) is 29.3 Å². The van der Waals surface area contributed by atoms with E-state index in [0.717, 1.165) is 11.3 Å². The van der Waals surface area contributed by atoms with Gasteiger partial charge in [0.25, 0.3) is 0 Å². The minimum Gasteiger partial charge on any atom is -0.450 e. The van der Waals surface area contributed by atoms with Crippen molar-refractivity contribution in [3.05, 3.63) is 39.9 Å². The van der Waals surface area contributed by atoms with E-state index in [0.29, 0.717) is 28.0 Å². The van der Waals surface area contributed by atoms with E-state index in [2.05, 4.69) is 20.6 Å². The Labute approximate surface area is 154 Å². The molecule has 0 bridgehead atoms. The first-order valence-corrected chi connectivity index (χ1v) is 8.24. The van der Waals surface area contributed by atoms with E-state index in [9.17, 15) is 4.79 Å². The van der Waals surface area contributed by atoms with E-state index in [1.807, 2.05) is 6.07 Å². The molecule has 25 heavy (non-hydrogen) atoms. The van der Waals surface area contributed by atoms with Gasteiger partial charge in [-0.15, -0.1) is 0 Å². The molecular weight excluding hydrogens is 365 g/mol. The van der Waals surface area contributed by atoms with Gasteiger partial charge in [-0.1, -0.05) is 29.3 Å². The highest BCUT2D eigenvalue weighted by molar-refractivity contribution is 6.42. The third-order valence-electron chi connectivity index (χ3n) is 3.47. The Bertz CT molecular complexity index is 870. The van der Waals surface area contributed by atoms with Gasteiger partial charge in [0.1, 0.15) is 11.5 Å². The van der Waals surface area contributed by atoms with Crippen LogP contribution in [0.1, 0.15) is 12.5 Å². The molecule has 0 unspecified atom stereocenters. The highest BCUT2D eigenvalue weighted by Gasteiger charge is 2.18. The van der Waals surface area contributed by atoms with Crippen LogP contribution < -0.4 is 16.4 Å². The Kier molecular flexibility index (Phi) is 4.96. The fourth-order valence-corrected chi connectivity index (χ4v) is 2.64. The van der Waals surface area contributed by atoms with E-state index in [1.165, 1.54) is 0 Å². The molecule has 2 aromatic rings. The summed E-state index contributed by atoms with van der Waals surface area (Å²) in [6.45, 7) is 2.45. The maximum absolute atomic E-state index is 11.5. The number of benzene rings is 1. The standard InChI is InChI=1S/C16H15Cl2N5O2/c1-2-25-16(24)23-13-6-11-14(15(19)22-13)21-12(7-20-11)8-3-4-9(17)10(18)5-8/h3-6,20H,2,7H2,1H3,(H3,19,22,23,24). The van der Waals surface area contributed by atoms with Gasteiger partial charge in [0.05, 0.1) is 34.6 Å². The second-order valence-corrected chi connectivity index (χ2v) is 5.99. The summed E-state index contributed by atoms with van der Waals surface area (Å²) in [4.78, 5) is 20.2. The summed E-state index contributed by atoms with van der Waals surface area (Å²) < 4.78 is 4.82. The number of anilines is 3. The molecule has 1 aliphatic rings. The summed E-state index contributed by atoms with van der Waals surface area (Å²) in [7, 11) is 0. The molecule has 1 aromatic heterocycles. The maximum atomic E-state index is 11.5.